The van der Waals surface area contributed by atoms with Crippen LogP contribution in [0.2, 0.25) is 0 Å². The first-order valence-electron chi connectivity index (χ1n) is 10.5. The number of amides is 2. The molecule has 1 aromatic heterocycles. The minimum Gasteiger partial charge on any atom is -0.454 e. The fourth-order valence-corrected chi connectivity index (χ4v) is 4.08. The summed E-state index contributed by atoms with van der Waals surface area (Å²) < 4.78 is 11.8. The molecule has 0 aliphatic carbocycles. The summed E-state index contributed by atoms with van der Waals surface area (Å²) in [7, 11) is 0. The van der Waals surface area contributed by atoms with E-state index < -0.39 is 0 Å². The summed E-state index contributed by atoms with van der Waals surface area (Å²) in [5, 5.41) is 8.33. The second kappa shape index (κ2) is 8.33. The molecule has 164 valence electrons. The molecular weight excluding hydrogens is 412 g/mol. The number of carbonyl (C=O) groups is 2. The van der Waals surface area contributed by atoms with Crippen molar-refractivity contribution in [3.63, 3.8) is 0 Å². The quantitative estimate of drug-likeness (QED) is 0.674. The molecule has 3 aromatic rings. The van der Waals surface area contributed by atoms with Gasteiger partial charge in [0.2, 0.25) is 18.6 Å². The number of rotatable bonds is 4. The number of likely N-dealkylation sites (tertiary alicyclic amines) is 1. The van der Waals surface area contributed by atoms with Crippen molar-refractivity contribution in [3.8, 4) is 11.5 Å². The SMILES string of the molecule is O=C(Nc1ccc2c(c1)OCO2)C1CCN(C(=O)Cn2ncc3ccccc3c2=O)CC1. The van der Waals surface area contributed by atoms with Crippen molar-refractivity contribution in [1.29, 1.82) is 0 Å². The first-order valence-corrected chi connectivity index (χ1v) is 10.5. The van der Waals surface area contributed by atoms with Gasteiger partial charge in [-0.15, -0.1) is 0 Å². The summed E-state index contributed by atoms with van der Waals surface area (Å²) in [6.45, 7) is 0.985. The van der Waals surface area contributed by atoms with Crippen LogP contribution in [0.25, 0.3) is 10.8 Å². The molecule has 0 saturated carbocycles. The predicted molar refractivity (Wildman–Crippen MR) is 117 cm³/mol. The Morgan fingerprint density at radius 2 is 1.84 bits per heavy atom. The Morgan fingerprint density at radius 3 is 2.69 bits per heavy atom. The highest BCUT2D eigenvalue weighted by molar-refractivity contribution is 5.93. The molecule has 0 unspecified atom stereocenters. The molecule has 2 aromatic carbocycles. The molecule has 3 heterocycles. The number of benzene rings is 2. The van der Waals surface area contributed by atoms with Gasteiger partial charge in [0, 0.05) is 36.1 Å². The summed E-state index contributed by atoms with van der Waals surface area (Å²) in [5.74, 6) is 0.828. The molecule has 9 nitrogen and oxygen atoms in total. The first-order chi connectivity index (χ1) is 15.6. The number of aromatic nitrogens is 2. The molecule has 0 spiro atoms. The van der Waals surface area contributed by atoms with Crippen LogP contribution in [-0.4, -0.2) is 46.4 Å². The van der Waals surface area contributed by atoms with Crippen LogP contribution < -0.4 is 20.3 Å². The molecule has 1 saturated heterocycles. The predicted octanol–water partition coefficient (Wildman–Crippen LogP) is 2.00. The van der Waals surface area contributed by atoms with E-state index in [2.05, 4.69) is 10.4 Å². The van der Waals surface area contributed by atoms with Crippen molar-refractivity contribution < 1.29 is 19.1 Å². The number of hydrogen-bond donors (Lipinski definition) is 1. The standard InChI is InChI=1S/C23H22N4O5/c28-21(13-27-23(30)18-4-2-1-3-16(18)12-24-27)26-9-7-15(8-10-26)22(29)25-17-5-6-19-20(11-17)32-14-31-19/h1-6,11-12,15H,7-10,13-14H2,(H,25,29). The van der Waals surface area contributed by atoms with Gasteiger partial charge < -0.3 is 19.7 Å². The third-order valence-corrected chi connectivity index (χ3v) is 5.91. The van der Waals surface area contributed by atoms with Gasteiger partial charge in [0.05, 0.1) is 11.6 Å². The van der Waals surface area contributed by atoms with Crippen LogP contribution in [-0.2, 0) is 16.1 Å². The Morgan fingerprint density at radius 1 is 1.06 bits per heavy atom. The molecule has 0 radical (unpaired) electrons. The molecule has 0 bridgehead atoms. The Kier molecular flexibility index (Phi) is 5.22. The van der Waals surface area contributed by atoms with Crippen LogP contribution in [0.1, 0.15) is 12.8 Å². The van der Waals surface area contributed by atoms with Gasteiger partial charge >= 0.3 is 0 Å². The van der Waals surface area contributed by atoms with Crippen LogP contribution in [0.15, 0.2) is 53.5 Å². The lowest BCUT2D eigenvalue weighted by Gasteiger charge is -2.31. The number of nitrogens with zero attached hydrogens (tertiary/aromatic N) is 3. The van der Waals surface area contributed by atoms with Gasteiger partial charge in [-0.3, -0.25) is 14.4 Å². The van der Waals surface area contributed by atoms with E-state index in [-0.39, 0.29) is 36.6 Å². The van der Waals surface area contributed by atoms with Gasteiger partial charge in [0.1, 0.15) is 6.54 Å². The lowest BCUT2D eigenvalue weighted by molar-refractivity contribution is -0.135. The fraction of sp³-hybridized carbons (Fsp3) is 0.304. The van der Waals surface area contributed by atoms with Crippen molar-refractivity contribution in [1.82, 2.24) is 14.7 Å². The highest BCUT2D eigenvalue weighted by atomic mass is 16.7. The normalized spacial score (nSPS) is 15.7. The zero-order valence-corrected chi connectivity index (χ0v) is 17.3. The summed E-state index contributed by atoms with van der Waals surface area (Å²) in [4.78, 5) is 39.7. The molecule has 1 N–H and O–H groups in total. The van der Waals surface area contributed by atoms with Gasteiger partial charge in [0.15, 0.2) is 11.5 Å². The molecule has 2 amide bonds. The fourth-order valence-electron chi connectivity index (χ4n) is 4.08. The smallest absolute Gasteiger partial charge is 0.275 e. The summed E-state index contributed by atoms with van der Waals surface area (Å²) >= 11 is 0. The van der Waals surface area contributed by atoms with E-state index in [1.807, 2.05) is 12.1 Å². The lowest BCUT2D eigenvalue weighted by Crippen LogP contribution is -2.44. The highest BCUT2D eigenvalue weighted by Crippen LogP contribution is 2.34. The van der Waals surface area contributed by atoms with E-state index in [1.54, 1.807) is 41.4 Å². The Bertz CT molecular complexity index is 1250. The van der Waals surface area contributed by atoms with Gasteiger partial charge in [0.25, 0.3) is 5.56 Å². The third-order valence-electron chi connectivity index (χ3n) is 5.91. The van der Waals surface area contributed by atoms with Gasteiger partial charge in [-0.2, -0.15) is 5.10 Å². The van der Waals surface area contributed by atoms with Crippen molar-refractivity contribution in [3.05, 3.63) is 59.0 Å². The highest BCUT2D eigenvalue weighted by Gasteiger charge is 2.28. The molecular formula is C23H22N4O5. The van der Waals surface area contributed by atoms with Gasteiger partial charge in [-0.1, -0.05) is 18.2 Å². The Labute approximate surface area is 183 Å². The maximum absolute atomic E-state index is 12.7. The van der Waals surface area contributed by atoms with Crippen LogP contribution in [0.5, 0.6) is 11.5 Å². The number of nitrogens with one attached hydrogen (secondary N) is 1. The number of fused-ring (bicyclic) bond motifs is 2. The van der Waals surface area contributed by atoms with Gasteiger partial charge in [-0.05, 0) is 31.0 Å². The molecule has 5 rings (SSSR count). The second-order valence-corrected chi connectivity index (χ2v) is 7.91. The largest absolute Gasteiger partial charge is 0.454 e. The lowest BCUT2D eigenvalue weighted by atomic mass is 9.95. The number of carbonyl (C=O) groups excluding carboxylic acids is 2. The molecule has 9 heteroatoms. The number of ether oxygens (including phenoxy) is 2. The van der Waals surface area contributed by atoms with E-state index in [4.69, 9.17) is 9.47 Å². The van der Waals surface area contributed by atoms with E-state index >= 15 is 0 Å². The topological polar surface area (TPSA) is 103 Å². The van der Waals surface area contributed by atoms with E-state index in [0.29, 0.717) is 48.5 Å². The monoisotopic (exact) mass is 434 g/mol. The van der Waals surface area contributed by atoms with E-state index in [1.165, 1.54) is 4.68 Å². The molecule has 0 atom stereocenters. The zero-order chi connectivity index (χ0) is 22.1. The summed E-state index contributed by atoms with van der Waals surface area (Å²) in [6, 6.07) is 12.5. The van der Waals surface area contributed by atoms with E-state index in [9.17, 15) is 14.4 Å². The Balaban J connectivity index is 1.17. The molecule has 1 fully saturated rings. The summed E-state index contributed by atoms with van der Waals surface area (Å²) in [5.41, 5.74) is 0.369. The number of piperidine rings is 1. The minimum absolute atomic E-state index is 0.0802. The molecule has 32 heavy (non-hydrogen) atoms. The van der Waals surface area contributed by atoms with Gasteiger partial charge in [-0.25, -0.2) is 4.68 Å². The maximum atomic E-state index is 12.7. The molecule has 2 aliphatic heterocycles. The van der Waals surface area contributed by atoms with Crippen molar-refractivity contribution in [2.45, 2.75) is 19.4 Å². The van der Waals surface area contributed by atoms with Crippen molar-refractivity contribution in [2.75, 3.05) is 25.2 Å². The van der Waals surface area contributed by atoms with Crippen LogP contribution in [0.3, 0.4) is 0 Å². The average Bonchev–Trinajstić information content (AvgIpc) is 3.29. The summed E-state index contributed by atoms with van der Waals surface area (Å²) in [6.07, 6.45) is 2.71. The Hall–Kier alpha value is -3.88. The van der Waals surface area contributed by atoms with E-state index in [0.717, 1.165) is 5.39 Å². The van der Waals surface area contributed by atoms with Crippen molar-refractivity contribution >= 4 is 28.3 Å². The zero-order valence-electron chi connectivity index (χ0n) is 17.3. The third kappa shape index (κ3) is 3.89. The van der Waals surface area contributed by atoms with Crippen LogP contribution in [0.4, 0.5) is 5.69 Å². The van der Waals surface area contributed by atoms with Crippen LogP contribution in [0, 0.1) is 5.92 Å². The number of anilines is 1. The molecule has 2 aliphatic rings. The maximum Gasteiger partial charge on any atom is 0.275 e. The van der Waals surface area contributed by atoms with Crippen molar-refractivity contribution in [2.24, 2.45) is 5.92 Å². The first kappa shape index (κ1) is 20.0. The van der Waals surface area contributed by atoms with Crippen LogP contribution >= 0.6 is 0 Å². The second-order valence-electron chi connectivity index (χ2n) is 7.91. The average molecular weight is 434 g/mol. The minimum atomic E-state index is -0.283. The number of hydrogen-bond acceptors (Lipinski definition) is 6.